The summed E-state index contributed by atoms with van der Waals surface area (Å²) in [7, 11) is 0. The lowest BCUT2D eigenvalue weighted by atomic mass is 10.0. The van der Waals surface area contributed by atoms with Crippen molar-refractivity contribution in [3.8, 4) is 0 Å². The molecule has 38 heavy (non-hydrogen) atoms. The zero-order chi connectivity index (χ0) is 26.9. The van der Waals surface area contributed by atoms with E-state index in [0.29, 0.717) is 49.2 Å². The number of nitrogens with zero attached hydrogens (tertiary/aromatic N) is 4. The Morgan fingerprint density at radius 3 is 2.32 bits per heavy atom. The number of alkyl halides is 3. The third-order valence-electron chi connectivity index (χ3n) is 7.32. The number of hydrogen-bond acceptors (Lipinski definition) is 6. The highest BCUT2D eigenvalue weighted by molar-refractivity contribution is 6.00. The van der Waals surface area contributed by atoms with Crippen LogP contribution in [0.3, 0.4) is 0 Å². The maximum absolute atomic E-state index is 13.0. The molecule has 0 spiro atoms. The minimum atomic E-state index is -4.40. The van der Waals surface area contributed by atoms with Gasteiger partial charge < -0.3 is 20.3 Å². The van der Waals surface area contributed by atoms with Gasteiger partial charge in [0.2, 0.25) is 0 Å². The summed E-state index contributed by atoms with van der Waals surface area (Å²) in [6.07, 6.45) is -3.28. The number of H-pyrrole nitrogens is 1. The molecule has 3 N–H and O–H groups in total. The third kappa shape index (κ3) is 5.54. The van der Waals surface area contributed by atoms with Crippen LogP contribution >= 0.6 is 0 Å². The van der Waals surface area contributed by atoms with Crippen LogP contribution in [-0.4, -0.2) is 82.2 Å². The number of nitrogens with two attached hydrogens (primary N) is 1. The lowest BCUT2D eigenvalue weighted by Gasteiger charge is -2.42. The maximum Gasteiger partial charge on any atom is 0.416 e. The first kappa shape index (κ1) is 25.8. The second-order valence-corrected chi connectivity index (χ2v) is 9.66. The SMILES string of the molecule is Nc1n[nH]c2ccc(C(=O)N3CCN(C4CCN(C(=O)OCc5ccc(C(F)(F)F)cc5)CC4)CC3)cc12. The first-order chi connectivity index (χ1) is 18.2. The Hall–Kier alpha value is -3.80. The molecule has 3 aromatic rings. The fraction of sp³-hybridized carbons (Fsp3) is 0.423. The van der Waals surface area contributed by atoms with Crippen molar-refractivity contribution in [2.24, 2.45) is 0 Å². The van der Waals surface area contributed by atoms with Crippen molar-refractivity contribution in [1.29, 1.82) is 0 Å². The molecule has 0 aliphatic carbocycles. The average molecular weight is 531 g/mol. The highest BCUT2D eigenvalue weighted by Crippen LogP contribution is 2.29. The van der Waals surface area contributed by atoms with Gasteiger partial charge in [-0.2, -0.15) is 18.3 Å². The molecule has 12 heteroatoms. The summed E-state index contributed by atoms with van der Waals surface area (Å²) < 4.78 is 43.4. The predicted molar refractivity (Wildman–Crippen MR) is 134 cm³/mol. The molecule has 2 aromatic carbocycles. The Balaban J connectivity index is 1.06. The van der Waals surface area contributed by atoms with Crippen LogP contribution in [0.25, 0.3) is 10.9 Å². The van der Waals surface area contributed by atoms with E-state index >= 15 is 0 Å². The number of piperazine rings is 1. The van der Waals surface area contributed by atoms with Crippen molar-refractivity contribution < 1.29 is 27.5 Å². The Morgan fingerprint density at radius 1 is 0.974 bits per heavy atom. The topological polar surface area (TPSA) is 108 Å². The molecule has 2 fully saturated rings. The minimum Gasteiger partial charge on any atom is -0.445 e. The molecule has 2 aliphatic heterocycles. The van der Waals surface area contributed by atoms with Crippen molar-refractivity contribution in [3.05, 3.63) is 59.2 Å². The number of fused-ring (bicyclic) bond motifs is 1. The minimum absolute atomic E-state index is 0.0299. The van der Waals surface area contributed by atoms with Gasteiger partial charge in [0, 0.05) is 56.3 Å². The number of halogens is 3. The number of ether oxygens (including phenoxy) is 1. The van der Waals surface area contributed by atoms with Crippen molar-refractivity contribution in [2.45, 2.75) is 31.7 Å². The van der Waals surface area contributed by atoms with Crippen LogP contribution in [0, 0.1) is 0 Å². The van der Waals surface area contributed by atoms with Crippen LogP contribution in [0.4, 0.5) is 23.8 Å². The highest BCUT2D eigenvalue weighted by atomic mass is 19.4. The van der Waals surface area contributed by atoms with E-state index in [0.717, 1.165) is 49.0 Å². The van der Waals surface area contributed by atoms with E-state index < -0.39 is 17.8 Å². The summed E-state index contributed by atoms with van der Waals surface area (Å²) in [4.78, 5) is 31.4. The number of aromatic nitrogens is 2. The molecule has 0 unspecified atom stereocenters. The number of piperidine rings is 1. The summed E-state index contributed by atoms with van der Waals surface area (Å²) in [6, 6.07) is 10.3. The molecule has 2 aliphatic rings. The molecule has 0 radical (unpaired) electrons. The molecule has 2 amide bonds. The lowest BCUT2D eigenvalue weighted by molar-refractivity contribution is -0.137. The van der Waals surface area contributed by atoms with Crippen LogP contribution in [-0.2, 0) is 17.5 Å². The molecule has 0 bridgehead atoms. The third-order valence-corrected chi connectivity index (χ3v) is 7.32. The highest BCUT2D eigenvalue weighted by Gasteiger charge is 2.32. The van der Waals surface area contributed by atoms with Crippen LogP contribution in [0.15, 0.2) is 42.5 Å². The van der Waals surface area contributed by atoms with Gasteiger partial charge in [0.15, 0.2) is 5.82 Å². The summed E-state index contributed by atoms with van der Waals surface area (Å²) in [5.41, 5.74) is 7.02. The van der Waals surface area contributed by atoms with E-state index in [1.807, 2.05) is 11.0 Å². The average Bonchev–Trinajstić information content (AvgIpc) is 3.31. The number of nitrogen functional groups attached to an aromatic ring is 1. The molecule has 2 saturated heterocycles. The zero-order valence-electron chi connectivity index (χ0n) is 20.7. The van der Waals surface area contributed by atoms with Crippen molar-refractivity contribution in [2.75, 3.05) is 45.0 Å². The molecule has 0 saturated carbocycles. The Morgan fingerprint density at radius 2 is 1.66 bits per heavy atom. The fourth-order valence-corrected chi connectivity index (χ4v) is 5.08. The molecule has 1 aromatic heterocycles. The maximum atomic E-state index is 13.0. The quantitative estimate of drug-likeness (QED) is 0.533. The van der Waals surface area contributed by atoms with Crippen LogP contribution in [0.1, 0.15) is 34.3 Å². The van der Waals surface area contributed by atoms with E-state index in [4.69, 9.17) is 10.5 Å². The number of likely N-dealkylation sites (tertiary alicyclic amines) is 1. The van der Waals surface area contributed by atoms with E-state index in [-0.39, 0.29) is 12.5 Å². The van der Waals surface area contributed by atoms with Gasteiger partial charge in [-0.15, -0.1) is 0 Å². The van der Waals surface area contributed by atoms with Crippen LogP contribution < -0.4 is 5.73 Å². The van der Waals surface area contributed by atoms with E-state index in [1.54, 1.807) is 17.0 Å². The van der Waals surface area contributed by atoms with Gasteiger partial charge in [-0.3, -0.25) is 14.8 Å². The van der Waals surface area contributed by atoms with Crippen molar-refractivity contribution in [1.82, 2.24) is 24.9 Å². The number of amides is 2. The van der Waals surface area contributed by atoms with Crippen LogP contribution in [0.2, 0.25) is 0 Å². The molecule has 0 atom stereocenters. The summed E-state index contributed by atoms with van der Waals surface area (Å²) in [6.45, 7) is 3.76. The summed E-state index contributed by atoms with van der Waals surface area (Å²) in [5.74, 6) is 0.340. The number of nitrogens with one attached hydrogen (secondary N) is 1. The largest absolute Gasteiger partial charge is 0.445 e. The number of carbonyl (C=O) groups excluding carboxylic acids is 2. The smallest absolute Gasteiger partial charge is 0.416 e. The predicted octanol–water partition coefficient (Wildman–Crippen LogP) is 3.72. The molecule has 202 valence electrons. The van der Waals surface area contributed by atoms with E-state index in [9.17, 15) is 22.8 Å². The second-order valence-electron chi connectivity index (χ2n) is 9.66. The van der Waals surface area contributed by atoms with Gasteiger partial charge >= 0.3 is 12.3 Å². The van der Waals surface area contributed by atoms with Crippen molar-refractivity contribution >= 4 is 28.7 Å². The fourth-order valence-electron chi connectivity index (χ4n) is 5.08. The van der Waals surface area contributed by atoms with Gasteiger partial charge in [0.1, 0.15) is 6.61 Å². The van der Waals surface area contributed by atoms with Gasteiger partial charge in [0.25, 0.3) is 5.91 Å². The van der Waals surface area contributed by atoms with Gasteiger partial charge in [0.05, 0.1) is 11.1 Å². The normalized spacial score (nSPS) is 17.7. The number of aromatic amines is 1. The summed E-state index contributed by atoms with van der Waals surface area (Å²) in [5, 5.41) is 7.54. The first-order valence-corrected chi connectivity index (χ1v) is 12.5. The first-order valence-electron chi connectivity index (χ1n) is 12.5. The number of carbonyl (C=O) groups is 2. The van der Waals surface area contributed by atoms with E-state index in [2.05, 4.69) is 15.1 Å². The zero-order valence-corrected chi connectivity index (χ0v) is 20.7. The van der Waals surface area contributed by atoms with Gasteiger partial charge in [-0.25, -0.2) is 4.79 Å². The molecule has 9 nitrogen and oxygen atoms in total. The Kier molecular flexibility index (Phi) is 7.15. The molecular formula is C26H29F3N6O3. The molecule has 5 rings (SSSR count). The van der Waals surface area contributed by atoms with Crippen molar-refractivity contribution in [3.63, 3.8) is 0 Å². The van der Waals surface area contributed by atoms with Gasteiger partial charge in [-0.1, -0.05) is 12.1 Å². The van der Waals surface area contributed by atoms with Gasteiger partial charge in [-0.05, 0) is 48.7 Å². The molecule has 3 heterocycles. The summed E-state index contributed by atoms with van der Waals surface area (Å²) >= 11 is 0. The van der Waals surface area contributed by atoms with Crippen LogP contribution in [0.5, 0.6) is 0 Å². The second kappa shape index (κ2) is 10.5. The van der Waals surface area contributed by atoms with E-state index in [1.165, 1.54) is 12.1 Å². The number of benzene rings is 2. The Bertz CT molecular complexity index is 1290. The number of rotatable bonds is 4. The standard InChI is InChI=1S/C26H29F3N6O3/c27-26(28,29)19-4-1-17(2-5-19)16-38-25(37)35-9-7-20(8-10-35)33-11-13-34(14-12-33)24(36)18-3-6-22-21(15-18)23(30)32-31-22/h1-6,15,20H,7-14,16H2,(H3,30,31,32). The molecular weight excluding hydrogens is 501 g/mol. The number of hydrogen-bond donors (Lipinski definition) is 2. The lowest BCUT2D eigenvalue weighted by Crippen LogP contribution is -2.54. The number of anilines is 1. The Labute approximate surface area is 217 Å². The monoisotopic (exact) mass is 530 g/mol.